The van der Waals surface area contributed by atoms with Gasteiger partial charge in [-0.15, -0.1) is 0 Å². The molecule has 0 aromatic heterocycles. The standard InChI is InChI=1S/C12H18BNO.C2H6/c1-13(14-12-8-5-9-12)15-10-11-6-3-2-4-7-11;1-2/h2-4,6-7,12,14H,5,8-10H2,1H3;1-2H3. The summed E-state index contributed by atoms with van der Waals surface area (Å²) in [5.41, 5.74) is 1.24. The highest BCUT2D eigenvalue weighted by atomic mass is 16.4. The Labute approximate surface area is 106 Å². The molecule has 0 aliphatic heterocycles. The second kappa shape index (κ2) is 8.32. The zero-order chi connectivity index (χ0) is 12.5. The SMILES string of the molecule is CB(NC1CCC1)OCc1ccccc1.CC. The average molecular weight is 233 g/mol. The summed E-state index contributed by atoms with van der Waals surface area (Å²) in [7, 11) is 0.163. The fourth-order valence-corrected chi connectivity index (χ4v) is 1.75. The maximum Gasteiger partial charge on any atom is 0.376 e. The van der Waals surface area contributed by atoms with Gasteiger partial charge in [0.25, 0.3) is 0 Å². The van der Waals surface area contributed by atoms with E-state index in [4.69, 9.17) is 4.65 Å². The lowest BCUT2D eigenvalue weighted by Crippen LogP contribution is -2.45. The van der Waals surface area contributed by atoms with Crippen LogP contribution >= 0.6 is 0 Å². The summed E-state index contributed by atoms with van der Waals surface area (Å²) in [6.45, 7) is 6.78. The summed E-state index contributed by atoms with van der Waals surface area (Å²) in [4.78, 5) is 0. The van der Waals surface area contributed by atoms with Crippen molar-refractivity contribution < 1.29 is 4.65 Å². The van der Waals surface area contributed by atoms with E-state index in [-0.39, 0.29) is 7.05 Å². The lowest BCUT2D eigenvalue weighted by Gasteiger charge is -2.28. The summed E-state index contributed by atoms with van der Waals surface area (Å²) in [5, 5.41) is 3.46. The van der Waals surface area contributed by atoms with Crippen molar-refractivity contribution in [1.29, 1.82) is 0 Å². The van der Waals surface area contributed by atoms with Crippen molar-refractivity contribution in [2.75, 3.05) is 0 Å². The Bertz CT molecular complexity index is 288. The monoisotopic (exact) mass is 233 g/mol. The molecule has 0 atom stereocenters. The fraction of sp³-hybridized carbons (Fsp3) is 0.571. The van der Waals surface area contributed by atoms with Gasteiger partial charge in [0.05, 0.1) is 6.61 Å². The number of hydrogen-bond donors (Lipinski definition) is 1. The van der Waals surface area contributed by atoms with Crippen LogP contribution < -0.4 is 5.23 Å². The highest BCUT2D eigenvalue weighted by molar-refractivity contribution is 6.47. The molecule has 1 aliphatic rings. The molecule has 3 heteroatoms. The molecule has 94 valence electrons. The van der Waals surface area contributed by atoms with E-state index in [0.29, 0.717) is 12.6 Å². The first-order valence-corrected chi connectivity index (χ1v) is 6.76. The van der Waals surface area contributed by atoms with Crippen LogP contribution in [0.15, 0.2) is 30.3 Å². The first-order valence-electron chi connectivity index (χ1n) is 6.76. The summed E-state index contributed by atoms with van der Waals surface area (Å²) in [5.74, 6) is 0. The van der Waals surface area contributed by atoms with Gasteiger partial charge >= 0.3 is 7.05 Å². The van der Waals surface area contributed by atoms with E-state index in [1.165, 1.54) is 24.8 Å². The molecule has 0 amide bonds. The zero-order valence-corrected chi connectivity index (χ0v) is 11.3. The Morgan fingerprint density at radius 2 is 1.88 bits per heavy atom. The molecule has 2 nitrogen and oxygen atoms in total. The van der Waals surface area contributed by atoms with Crippen LogP contribution in [-0.2, 0) is 11.3 Å². The van der Waals surface area contributed by atoms with Crippen molar-refractivity contribution in [1.82, 2.24) is 5.23 Å². The van der Waals surface area contributed by atoms with Crippen molar-refractivity contribution >= 4 is 7.05 Å². The number of nitrogens with one attached hydrogen (secondary N) is 1. The summed E-state index contributed by atoms with van der Waals surface area (Å²) in [6.07, 6.45) is 3.97. The molecule has 0 saturated heterocycles. The van der Waals surface area contributed by atoms with Gasteiger partial charge in [-0.3, -0.25) is 0 Å². The van der Waals surface area contributed by atoms with Gasteiger partial charge in [-0.2, -0.15) is 0 Å². The van der Waals surface area contributed by atoms with Crippen LogP contribution in [0, 0.1) is 0 Å². The van der Waals surface area contributed by atoms with E-state index < -0.39 is 0 Å². The second-order valence-corrected chi connectivity index (χ2v) is 4.23. The Kier molecular flexibility index (Phi) is 6.98. The summed E-state index contributed by atoms with van der Waals surface area (Å²) in [6, 6.07) is 11.0. The third kappa shape index (κ3) is 5.38. The molecule has 1 aliphatic carbocycles. The van der Waals surface area contributed by atoms with E-state index >= 15 is 0 Å². The van der Waals surface area contributed by atoms with Crippen molar-refractivity contribution in [2.24, 2.45) is 0 Å². The molecule has 1 saturated carbocycles. The molecular weight excluding hydrogens is 209 g/mol. The first kappa shape index (κ1) is 14.3. The largest absolute Gasteiger partial charge is 0.417 e. The highest BCUT2D eigenvalue weighted by Crippen LogP contribution is 2.18. The van der Waals surface area contributed by atoms with Gasteiger partial charge in [0.2, 0.25) is 0 Å². The maximum atomic E-state index is 5.72. The second-order valence-electron chi connectivity index (χ2n) is 4.23. The minimum atomic E-state index is 0.163. The third-order valence-electron chi connectivity index (χ3n) is 2.92. The van der Waals surface area contributed by atoms with Crippen LogP contribution in [0.1, 0.15) is 38.7 Å². The van der Waals surface area contributed by atoms with E-state index in [1.54, 1.807) is 0 Å². The van der Waals surface area contributed by atoms with Gasteiger partial charge in [-0.25, -0.2) is 0 Å². The van der Waals surface area contributed by atoms with Gasteiger partial charge < -0.3 is 9.88 Å². The zero-order valence-electron chi connectivity index (χ0n) is 11.3. The van der Waals surface area contributed by atoms with Crippen molar-refractivity contribution in [3.63, 3.8) is 0 Å². The molecule has 1 aromatic carbocycles. The molecule has 2 rings (SSSR count). The highest BCUT2D eigenvalue weighted by Gasteiger charge is 2.21. The minimum absolute atomic E-state index is 0.163. The summed E-state index contributed by atoms with van der Waals surface area (Å²) < 4.78 is 5.72. The normalized spacial score (nSPS) is 14.5. The number of benzene rings is 1. The third-order valence-corrected chi connectivity index (χ3v) is 2.92. The minimum Gasteiger partial charge on any atom is -0.417 e. The number of rotatable bonds is 5. The van der Waals surface area contributed by atoms with E-state index in [0.717, 1.165) is 0 Å². The Morgan fingerprint density at radius 1 is 1.24 bits per heavy atom. The average Bonchev–Trinajstić information content (AvgIpc) is 2.35. The topological polar surface area (TPSA) is 21.3 Å². The van der Waals surface area contributed by atoms with Gasteiger partial charge in [-0.05, 0) is 31.3 Å². The van der Waals surface area contributed by atoms with Gasteiger partial charge in [0, 0.05) is 0 Å². The van der Waals surface area contributed by atoms with E-state index in [1.807, 2.05) is 32.0 Å². The first-order chi connectivity index (χ1) is 8.34. The lowest BCUT2D eigenvalue weighted by molar-refractivity contribution is 0.283. The smallest absolute Gasteiger partial charge is 0.376 e. The van der Waals surface area contributed by atoms with E-state index in [2.05, 4.69) is 24.2 Å². The number of hydrogen-bond acceptors (Lipinski definition) is 2. The van der Waals surface area contributed by atoms with Gasteiger partial charge in [0.15, 0.2) is 0 Å². The maximum absolute atomic E-state index is 5.72. The van der Waals surface area contributed by atoms with Gasteiger partial charge in [-0.1, -0.05) is 50.6 Å². The van der Waals surface area contributed by atoms with Crippen LogP contribution in [0.2, 0.25) is 6.82 Å². The summed E-state index contributed by atoms with van der Waals surface area (Å²) >= 11 is 0. The Hall–Kier alpha value is -0.795. The van der Waals surface area contributed by atoms with Crippen molar-refractivity contribution in [3.8, 4) is 0 Å². The van der Waals surface area contributed by atoms with Crippen LogP contribution in [0.5, 0.6) is 0 Å². The lowest BCUT2D eigenvalue weighted by atomic mass is 9.81. The molecule has 1 aromatic rings. The van der Waals surface area contributed by atoms with Crippen LogP contribution in [0.3, 0.4) is 0 Å². The molecule has 0 heterocycles. The molecular formula is C14H24BNO. The molecule has 1 fully saturated rings. The van der Waals surface area contributed by atoms with Crippen LogP contribution in [-0.4, -0.2) is 13.1 Å². The molecule has 0 radical (unpaired) electrons. The molecule has 0 spiro atoms. The predicted molar refractivity (Wildman–Crippen MR) is 75.0 cm³/mol. The predicted octanol–water partition coefficient (Wildman–Crippen LogP) is 3.49. The quantitative estimate of drug-likeness (QED) is 0.786. The van der Waals surface area contributed by atoms with Crippen LogP contribution in [0.4, 0.5) is 0 Å². The molecule has 17 heavy (non-hydrogen) atoms. The Balaban J connectivity index is 0.000000686. The van der Waals surface area contributed by atoms with Crippen LogP contribution in [0.25, 0.3) is 0 Å². The molecule has 1 N–H and O–H groups in total. The fourth-order valence-electron chi connectivity index (χ4n) is 1.75. The van der Waals surface area contributed by atoms with Crippen molar-refractivity contribution in [2.45, 2.75) is 52.6 Å². The van der Waals surface area contributed by atoms with Crippen molar-refractivity contribution in [3.05, 3.63) is 35.9 Å². The van der Waals surface area contributed by atoms with E-state index in [9.17, 15) is 0 Å². The molecule has 0 bridgehead atoms. The molecule has 0 unspecified atom stereocenters. The Morgan fingerprint density at radius 3 is 2.41 bits per heavy atom. The van der Waals surface area contributed by atoms with Gasteiger partial charge in [0.1, 0.15) is 0 Å².